The molecule has 0 aromatic heterocycles. The van der Waals surface area contributed by atoms with Crippen LogP contribution in [-0.2, 0) is 6.18 Å². The first kappa shape index (κ1) is 17.0. The molecule has 0 aliphatic carbocycles. The van der Waals surface area contributed by atoms with Gasteiger partial charge < -0.3 is 5.32 Å². The summed E-state index contributed by atoms with van der Waals surface area (Å²) in [6, 6.07) is 4.45. The number of carbonyl (C=O) groups excluding carboxylic acids is 1. The van der Waals surface area contributed by atoms with Crippen LogP contribution in [0.2, 0.25) is 0 Å². The second kappa shape index (κ2) is 6.61. The third kappa shape index (κ3) is 3.98. The highest BCUT2D eigenvalue weighted by Gasteiger charge is 2.32. The number of alkyl halides is 4. The molecule has 1 N–H and O–H groups in total. The van der Waals surface area contributed by atoms with Gasteiger partial charge in [-0.25, -0.2) is 0 Å². The van der Waals surface area contributed by atoms with Crippen LogP contribution >= 0.6 is 15.9 Å². The van der Waals surface area contributed by atoms with Gasteiger partial charge in [-0.05, 0) is 31.0 Å². The monoisotopic (exact) mass is 351 g/mol. The third-order valence-electron chi connectivity index (χ3n) is 3.44. The van der Waals surface area contributed by atoms with E-state index in [0.29, 0.717) is 18.2 Å². The van der Waals surface area contributed by atoms with Gasteiger partial charge in [0.1, 0.15) is 0 Å². The molecule has 1 aromatic carbocycles. The molecule has 6 heteroatoms. The minimum Gasteiger partial charge on any atom is -0.346 e. The van der Waals surface area contributed by atoms with Crippen LogP contribution in [0.4, 0.5) is 13.2 Å². The number of amides is 1. The Kier molecular flexibility index (Phi) is 5.62. The fraction of sp³-hybridized carbons (Fsp3) is 0.500. The van der Waals surface area contributed by atoms with Crippen LogP contribution in [0, 0.1) is 0 Å². The summed E-state index contributed by atoms with van der Waals surface area (Å²) in [5.41, 5.74) is -1.24. The van der Waals surface area contributed by atoms with Crippen LogP contribution in [0.1, 0.15) is 42.6 Å². The van der Waals surface area contributed by atoms with E-state index in [2.05, 4.69) is 21.2 Å². The second-order valence-electron chi connectivity index (χ2n) is 4.65. The summed E-state index contributed by atoms with van der Waals surface area (Å²) in [6.45, 7) is 3.86. The van der Waals surface area contributed by atoms with Crippen molar-refractivity contribution in [1.82, 2.24) is 5.32 Å². The SMILES string of the molecule is CCC(CC)(CBr)NC(=O)c1cccc(C(F)(F)F)c1. The van der Waals surface area contributed by atoms with Gasteiger partial charge in [-0.2, -0.15) is 13.2 Å². The molecule has 0 bridgehead atoms. The van der Waals surface area contributed by atoms with Gasteiger partial charge in [0.15, 0.2) is 0 Å². The quantitative estimate of drug-likeness (QED) is 0.783. The van der Waals surface area contributed by atoms with E-state index in [1.807, 2.05) is 13.8 Å². The Labute approximate surface area is 124 Å². The maximum Gasteiger partial charge on any atom is 0.416 e. The van der Waals surface area contributed by atoms with Gasteiger partial charge in [0.2, 0.25) is 0 Å². The zero-order chi connectivity index (χ0) is 15.4. The predicted octanol–water partition coefficient (Wildman–Crippen LogP) is 4.39. The highest BCUT2D eigenvalue weighted by atomic mass is 79.9. The number of carbonyl (C=O) groups is 1. The molecule has 0 radical (unpaired) electrons. The number of benzene rings is 1. The molecule has 0 saturated carbocycles. The van der Waals surface area contributed by atoms with Gasteiger partial charge >= 0.3 is 6.18 Å². The van der Waals surface area contributed by atoms with E-state index < -0.39 is 23.2 Å². The molecule has 0 aliphatic rings. The summed E-state index contributed by atoms with van der Waals surface area (Å²) in [4.78, 5) is 12.1. The van der Waals surface area contributed by atoms with Crippen molar-refractivity contribution >= 4 is 21.8 Å². The summed E-state index contributed by atoms with van der Waals surface area (Å²) >= 11 is 3.35. The van der Waals surface area contributed by atoms with E-state index in [9.17, 15) is 18.0 Å². The first-order valence-electron chi connectivity index (χ1n) is 6.33. The zero-order valence-electron chi connectivity index (χ0n) is 11.4. The van der Waals surface area contributed by atoms with E-state index >= 15 is 0 Å². The van der Waals surface area contributed by atoms with Crippen molar-refractivity contribution in [2.75, 3.05) is 5.33 Å². The van der Waals surface area contributed by atoms with E-state index in [0.717, 1.165) is 12.1 Å². The number of hydrogen-bond acceptors (Lipinski definition) is 1. The van der Waals surface area contributed by atoms with Crippen molar-refractivity contribution in [2.45, 2.75) is 38.4 Å². The lowest BCUT2D eigenvalue weighted by molar-refractivity contribution is -0.137. The summed E-state index contributed by atoms with van der Waals surface area (Å²) < 4.78 is 37.9. The summed E-state index contributed by atoms with van der Waals surface area (Å²) in [7, 11) is 0. The topological polar surface area (TPSA) is 29.1 Å². The largest absolute Gasteiger partial charge is 0.416 e. The number of halogens is 4. The number of nitrogens with one attached hydrogen (secondary N) is 1. The molecule has 1 aromatic rings. The molecule has 0 atom stereocenters. The van der Waals surface area contributed by atoms with Crippen molar-refractivity contribution in [3.63, 3.8) is 0 Å². The van der Waals surface area contributed by atoms with Gasteiger partial charge in [0.25, 0.3) is 5.91 Å². The van der Waals surface area contributed by atoms with Crippen molar-refractivity contribution in [2.24, 2.45) is 0 Å². The van der Waals surface area contributed by atoms with Gasteiger partial charge in [-0.3, -0.25) is 4.79 Å². The zero-order valence-corrected chi connectivity index (χ0v) is 12.9. The van der Waals surface area contributed by atoms with Gasteiger partial charge in [0, 0.05) is 16.4 Å². The van der Waals surface area contributed by atoms with Gasteiger partial charge in [-0.1, -0.05) is 35.8 Å². The third-order valence-corrected chi connectivity index (χ3v) is 4.51. The highest BCUT2D eigenvalue weighted by Crippen LogP contribution is 2.29. The smallest absolute Gasteiger partial charge is 0.346 e. The lowest BCUT2D eigenvalue weighted by Crippen LogP contribution is -2.49. The van der Waals surface area contributed by atoms with Crippen LogP contribution in [-0.4, -0.2) is 16.8 Å². The average Bonchev–Trinajstić information content (AvgIpc) is 2.44. The minimum atomic E-state index is -4.45. The molecule has 0 fully saturated rings. The van der Waals surface area contributed by atoms with Gasteiger partial charge in [-0.15, -0.1) is 0 Å². The lowest BCUT2D eigenvalue weighted by atomic mass is 9.95. The average molecular weight is 352 g/mol. The van der Waals surface area contributed by atoms with Crippen LogP contribution < -0.4 is 5.32 Å². The predicted molar refractivity (Wildman–Crippen MR) is 76.0 cm³/mol. The Hall–Kier alpha value is -1.04. The first-order valence-corrected chi connectivity index (χ1v) is 7.46. The molecule has 1 rings (SSSR count). The molecule has 2 nitrogen and oxygen atoms in total. The maximum atomic E-state index is 12.6. The Bertz CT molecular complexity index is 461. The normalized spacial score (nSPS) is 12.3. The minimum absolute atomic E-state index is 0.0204. The molecule has 0 saturated heterocycles. The second-order valence-corrected chi connectivity index (χ2v) is 5.21. The Balaban J connectivity index is 2.99. The van der Waals surface area contributed by atoms with E-state index in [-0.39, 0.29) is 5.56 Å². The fourth-order valence-electron chi connectivity index (χ4n) is 1.80. The first-order chi connectivity index (χ1) is 9.28. The van der Waals surface area contributed by atoms with Crippen molar-refractivity contribution in [3.8, 4) is 0 Å². The van der Waals surface area contributed by atoms with Crippen molar-refractivity contribution in [3.05, 3.63) is 35.4 Å². The summed E-state index contributed by atoms with van der Waals surface area (Å²) in [5.74, 6) is -0.487. The summed E-state index contributed by atoms with van der Waals surface area (Å²) in [6.07, 6.45) is -3.06. The van der Waals surface area contributed by atoms with Crippen LogP contribution in [0.25, 0.3) is 0 Å². The van der Waals surface area contributed by atoms with E-state index in [4.69, 9.17) is 0 Å². The Morgan fingerprint density at radius 2 is 1.85 bits per heavy atom. The number of rotatable bonds is 5. The molecule has 0 aliphatic heterocycles. The Morgan fingerprint density at radius 1 is 1.25 bits per heavy atom. The molecular weight excluding hydrogens is 335 g/mol. The molecule has 0 spiro atoms. The van der Waals surface area contributed by atoms with E-state index in [1.165, 1.54) is 12.1 Å². The maximum absolute atomic E-state index is 12.6. The molecule has 1 amide bonds. The van der Waals surface area contributed by atoms with Crippen LogP contribution in [0.3, 0.4) is 0 Å². The van der Waals surface area contributed by atoms with Crippen LogP contribution in [0.15, 0.2) is 24.3 Å². The Morgan fingerprint density at radius 3 is 2.30 bits per heavy atom. The molecule has 0 heterocycles. The van der Waals surface area contributed by atoms with Crippen molar-refractivity contribution in [1.29, 1.82) is 0 Å². The molecule has 112 valence electrons. The highest BCUT2D eigenvalue weighted by molar-refractivity contribution is 9.09. The molecule has 20 heavy (non-hydrogen) atoms. The fourth-order valence-corrected chi connectivity index (χ4v) is 2.73. The molecular formula is C14H17BrF3NO. The standard InChI is InChI=1S/C14H17BrF3NO/c1-3-13(4-2,9-15)19-12(20)10-6-5-7-11(8-10)14(16,17)18/h5-8H,3-4,9H2,1-2H3,(H,19,20). The summed E-state index contributed by atoms with van der Waals surface area (Å²) in [5, 5.41) is 3.37. The number of hydrogen-bond donors (Lipinski definition) is 1. The lowest BCUT2D eigenvalue weighted by Gasteiger charge is -2.31. The van der Waals surface area contributed by atoms with E-state index in [1.54, 1.807) is 0 Å². The molecule has 0 unspecified atom stereocenters. The van der Waals surface area contributed by atoms with Crippen LogP contribution in [0.5, 0.6) is 0 Å². The van der Waals surface area contributed by atoms with Gasteiger partial charge in [0.05, 0.1) is 5.56 Å². The van der Waals surface area contributed by atoms with Crippen molar-refractivity contribution < 1.29 is 18.0 Å².